The van der Waals surface area contributed by atoms with Crippen LogP contribution in [-0.4, -0.2) is 65.9 Å². The van der Waals surface area contributed by atoms with E-state index in [1.165, 1.54) is 12.1 Å². The van der Waals surface area contributed by atoms with E-state index in [2.05, 4.69) is 10.3 Å². The third kappa shape index (κ3) is 2.62. The van der Waals surface area contributed by atoms with E-state index in [0.717, 1.165) is 6.42 Å². The summed E-state index contributed by atoms with van der Waals surface area (Å²) in [4.78, 5) is 16.8. The largest absolute Gasteiger partial charge is 0.495 e. The molecule has 0 bridgehead atoms. The molecule has 9 heteroatoms. The van der Waals surface area contributed by atoms with E-state index in [9.17, 15) is 4.79 Å². The number of aliphatic hydroxyl groups is 1. The van der Waals surface area contributed by atoms with E-state index >= 15 is 0 Å². The number of rotatable bonds is 5. The van der Waals surface area contributed by atoms with E-state index in [1.54, 1.807) is 17.1 Å². The molecule has 1 aromatic carbocycles. The molecule has 128 valence electrons. The fourth-order valence-corrected chi connectivity index (χ4v) is 2.81. The molecule has 1 amide bonds. The highest BCUT2D eigenvalue weighted by molar-refractivity contribution is 6.68. The maximum absolute atomic E-state index is 12.4. The molecule has 2 aliphatic heterocycles. The van der Waals surface area contributed by atoms with Crippen molar-refractivity contribution in [3.8, 4) is 5.75 Å². The SMILES string of the molecule is COc1cc(N=C2C(=N)N3CCCN3C2=O)c(NCCO)cc1N. The number of nitrogen functional groups attached to an aromatic ring is 1. The Kier molecular flexibility index (Phi) is 4.26. The number of amidine groups is 1. The number of amides is 1. The quantitative estimate of drug-likeness (QED) is 0.570. The maximum atomic E-state index is 12.4. The van der Waals surface area contributed by atoms with Crippen molar-refractivity contribution >= 4 is 34.5 Å². The predicted octanol–water partition coefficient (Wildman–Crippen LogP) is 0.194. The van der Waals surface area contributed by atoms with Gasteiger partial charge in [0, 0.05) is 25.7 Å². The van der Waals surface area contributed by atoms with E-state index in [4.69, 9.17) is 21.0 Å². The highest BCUT2D eigenvalue weighted by Crippen LogP contribution is 2.35. The number of hydrogen-bond acceptors (Lipinski definition) is 7. The van der Waals surface area contributed by atoms with Gasteiger partial charge < -0.3 is 20.9 Å². The summed E-state index contributed by atoms with van der Waals surface area (Å²) in [6.45, 7) is 1.50. The minimum Gasteiger partial charge on any atom is -0.495 e. The van der Waals surface area contributed by atoms with E-state index < -0.39 is 0 Å². The van der Waals surface area contributed by atoms with Crippen molar-refractivity contribution in [1.82, 2.24) is 10.0 Å². The Labute approximate surface area is 139 Å². The van der Waals surface area contributed by atoms with Gasteiger partial charge in [-0.25, -0.2) is 10.0 Å². The Balaban J connectivity index is 2.01. The zero-order valence-electron chi connectivity index (χ0n) is 13.4. The third-order valence-corrected chi connectivity index (χ3v) is 3.96. The number of fused-ring (bicyclic) bond motifs is 1. The molecular weight excluding hydrogens is 312 g/mol. The Morgan fingerprint density at radius 1 is 1.42 bits per heavy atom. The molecule has 2 saturated heterocycles. The number of anilines is 2. The first-order valence-corrected chi connectivity index (χ1v) is 7.66. The molecule has 3 rings (SSSR count). The Hall–Kier alpha value is -2.81. The first-order valence-electron chi connectivity index (χ1n) is 7.66. The number of aliphatic hydroxyl groups excluding tert-OH is 1. The summed E-state index contributed by atoms with van der Waals surface area (Å²) >= 11 is 0. The summed E-state index contributed by atoms with van der Waals surface area (Å²) in [6, 6.07) is 3.25. The molecule has 24 heavy (non-hydrogen) atoms. The fraction of sp³-hybridized carbons (Fsp3) is 0.400. The lowest BCUT2D eigenvalue weighted by atomic mass is 10.2. The number of nitrogens with one attached hydrogen (secondary N) is 2. The highest BCUT2D eigenvalue weighted by Gasteiger charge is 2.42. The Morgan fingerprint density at radius 2 is 2.17 bits per heavy atom. The summed E-state index contributed by atoms with van der Waals surface area (Å²) in [5, 5.41) is 23.4. The van der Waals surface area contributed by atoms with E-state index in [-0.39, 0.29) is 24.1 Å². The predicted molar refractivity (Wildman–Crippen MR) is 90.8 cm³/mol. The zero-order valence-corrected chi connectivity index (χ0v) is 13.4. The smallest absolute Gasteiger partial charge is 0.294 e. The van der Waals surface area contributed by atoms with Crippen LogP contribution in [0.2, 0.25) is 0 Å². The van der Waals surface area contributed by atoms with Crippen LogP contribution < -0.4 is 15.8 Å². The van der Waals surface area contributed by atoms with Crippen molar-refractivity contribution in [3.05, 3.63) is 12.1 Å². The molecule has 2 heterocycles. The number of hydrazine groups is 1. The number of carbonyl (C=O) groups is 1. The molecule has 0 aliphatic carbocycles. The minimum atomic E-state index is -0.276. The summed E-state index contributed by atoms with van der Waals surface area (Å²) in [5.74, 6) is 0.254. The molecule has 0 atom stereocenters. The van der Waals surface area contributed by atoms with Crippen LogP contribution in [0.5, 0.6) is 5.75 Å². The van der Waals surface area contributed by atoms with Gasteiger partial charge in [-0.15, -0.1) is 0 Å². The molecule has 9 nitrogen and oxygen atoms in total. The van der Waals surface area contributed by atoms with Crippen molar-refractivity contribution < 1.29 is 14.6 Å². The normalized spacial score (nSPS) is 18.5. The van der Waals surface area contributed by atoms with Gasteiger partial charge in [0.15, 0.2) is 11.5 Å². The minimum absolute atomic E-state index is 0.0573. The third-order valence-electron chi connectivity index (χ3n) is 3.96. The van der Waals surface area contributed by atoms with E-state index in [0.29, 0.717) is 42.4 Å². The highest BCUT2D eigenvalue weighted by atomic mass is 16.5. The average Bonchev–Trinajstić information content (AvgIpc) is 3.14. The molecule has 1 aromatic rings. The summed E-state index contributed by atoms with van der Waals surface area (Å²) < 4.78 is 5.21. The van der Waals surface area contributed by atoms with Crippen LogP contribution in [0.15, 0.2) is 17.1 Å². The number of carbonyl (C=O) groups excluding carboxylic acids is 1. The molecule has 0 radical (unpaired) electrons. The number of nitrogens with two attached hydrogens (primary N) is 1. The lowest BCUT2D eigenvalue weighted by molar-refractivity contribution is -0.129. The lowest BCUT2D eigenvalue weighted by Crippen LogP contribution is -2.33. The molecule has 0 unspecified atom stereocenters. The van der Waals surface area contributed by atoms with Crippen molar-refractivity contribution in [3.63, 3.8) is 0 Å². The van der Waals surface area contributed by atoms with Crippen LogP contribution in [0.1, 0.15) is 6.42 Å². The summed E-state index contributed by atoms with van der Waals surface area (Å²) in [5.41, 5.74) is 7.42. The molecule has 2 aliphatic rings. The van der Waals surface area contributed by atoms with Crippen molar-refractivity contribution in [2.75, 3.05) is 44.4 Å². The fourth-order valence-electron chi connectivity index (χ4n) is 2.81. The van der Waals surface area contributed by atoms with Gasteiger partial charge >= 0.3 is 0 Å². The van der Waals surface area contributed by atoms with Gasteiger partial charge in [-0.1, -0.05) is 0 Å². The number of methoxy groups -OCH3 is 1. The Morgan fingerprint density at radius 3 is 2.83 bits per heavy atom. The average molecular weight is 332 g/mol. The molecule has 5 N–H and O–H groups in total. The van der Waals surface area contributed by atoms with Crippen LogP contribution in [0.3, 0.4) is 0 Å². The first kappa shape index (κ1) is 16.1. The van der Waals surface area contributed by atoms with Gasteiger partial charge in [-0.2, -0.15) is 0 Å². The number of aliphatic imine (C=N–C) groups is 1. The number of hydrogen-bond donors (Lipinski definition) is 4. The molecule has 0 saturated carbocycles. The topological polar surface area (TPSA) is 127 Å². The second-order valence-corrected chi connectivity index (χ2v) is 5.48. The number of benzene rings is 1. The van der Waals surface area contributed by atoms with Crippen LogP contribution in [0.25, 0.3) is 0 Å². The van der Waals surface area contributed by atoms with Crippen LogP contribution in [0, 0.1) is 5.41 Å². The van der Waals surface area contributed by atoms with Gasteiger partial charge in [0.1, 0.15) is 5.75 Å². The summed E-state index contributed by atoms with van der Waals surface area (Å²) in [6.07, 6.45) is 0.848. The standard InChI is InChI=1S/C15H20N6O3/c1-24-12-8-11(10(7-9(12)16)18-3-6-22)19-13-14(17)20-4-2-5-21(20)15(13)23/h7-8,17-18,22H,2-6,16H2,1H3. The van der Waals surface area contributed by atoms with Crippen molar-refractivity contribution in [2.45, 2.75) is 6.42 Å². The monoisotopic (exact) mass is 332 g/mol. The Bertz CT molecular complexity index is 693. The van der Waals surface area contributed by atoms with Gasteiger partial charge in [-0.05, 0) is 12.5 Å². The van der Waals surface area contributed by atoms with Gasteiger partial charge in [0.25, 0.3) is 5.91 Å². The van der Waals surface area contributed by atoms with Crippen LogP contribution in [0.4, 0.5) is 17.1 Å². The van der Waals surface area contributed by atoms with Gasteiger partial charge in [0.2, 0.25) is 0 Å². The first-order chi connectivity index (χ1) is 11.6. The number of nitrogens with zero attached hydrogens (tertiary/aromatic N) is 3. The van der Waals surface area contributed by atoms with Crippen LogP contribution in [-0.2, 0) is 4.79 Å². The zero-order chi connectivity index (χ0) is 17.3. The van der Waals surface area contributed by atoms with Crippen molar-refractivity contribution in [1.29, 1.82) is 5.41 Å². The second kappa shape index (κ2) is 6.36. The molecule has 2 fully saturated rings. The van der Waals surface area contributed by atoms with Crippen LogP contribution >= 0.6 is 0 Å². The van der Waals surface area contributed by atoms with Crippen molar-refractivity contribution in [2.24, 2.45) is 4.99 Å². The summed E-state index contributed by atoms with van der Waals surface area (Å²) in [7, 11) is 1.49. The maximum Gasteiger partial charge on any atom is 0.294 e. The molecule has 0 spiro atoms. The second-order valence-electron chi connectivity index (χ2n) is 5.48. The van der Waals surface area contributed by atoms with Gasteiger partial charge in [-0.3, -0.25) is 15.2 Å². The van der Waals surface area contributed by atoms with E-state index in [1.807, 2.05) is 0 Å². The number of ether oxygens (including phenoxy) is 1. The lowest BCUT2D eigenvalue weighted by Gasteiger charge is -2.17. The molecular formula is C15H20N6O3. The van der Waals surface area contributed by atoms with Gasteiger partial charge in [0.05, 0.1) is 30.8 Å². The molecule has 0 aromatic heterocycles.